The van der Waals surface area contributed by atoms with Gasteiger partial charge in [-0.3, -0.25) is 0 Å². The molecule has 25 heavy (non-hydrogen) atoms. The van der Waals surface area contributed by atoms with Crippen LogP contribution in [0.2, 0.25) is 0 Å². The van der Waals surface area contributed by atoms with Crippen LogP contribution in [0.1, 0.15) is 65.7 Å². The first-order valence-corrected chi connectivity index (χ1v) is 9.68. The van der Waals surface area contributed by atoms with E-state index in [2.05, 4.69) is 13.8 Å². The molecule has 0 aliphatic carbocycles. The third kappa shape index (κ3) is 11.0. The lowest BCUT2D eigenvalue weighted by molar-refractivity contribution is 0.00466. The van der Waals surface area contributed by atoms with Gasteiger partial charge in [0.05, 0.1) is 0 Å². The molecule has 2 unspecified atom stereocenters. The van der Waals surface area contributed by atoms with Crippen LogP contribution in [0.4, 0.5) is 8.78 Å². The zero-order chi connectivity index (χ0) is 18.5. The van der Waals surface area contributed by atoms with E-state index in [-0.39, 0.29) is 5.92 Å². The molecule has 0 spiro atoms. The van der Waals surface area contributed by atoms with Crippen molar-refractivity contribution in [1.29, 1.82) is 0 Å². The van der Waals surface area contributed by atoms with E-state index in [0.29, 0.717) is 5.75 Å². The van der Waals surface area contributed by atoms with Crippen LogP contribution in [0, 0.1) is 11.8 Å². The summed E-state index contributed by atoms with van der Waals surface area (Å²) in [6, 6.07) is 8.74. The summed E-state index contributed by atoms with van der Waals surface area (Å²) in [5, 5.41) is 0. The topological polar surface area (TPSA) is 9.23 Å². The Labute approximate surface area is 152 Å². The third-order valence-electron chi connectivity index (χ3n) is 4.50. The van der Waals surface area contributed by atoms with Crippen LogP contribution >= 0.6 is 0 Å². The van der Waals surface area contributed by atoms with Crippen LogP contribution in [-0.4, -0.2) is 12.5 Å². The Morgan fingerprint density at radius 1 is 1.00 bits per heavy atom. The highest BCUT2D eigenvalue weighted by atomic mass is 19.3. The lowest BCUT2D eigenvalue weighted by Crippen LogP contribution is -2.23. The van der Waals surface area contributed by atoms with Gasteiger partial charge in [-0.15, -0.1) is 0 Å². The van der Waals surface area contributed by atoms with Gasteiger partial charge in [0.25, 0.3) is 5.92 Å². The fraction of sp³-hybridized carbons (Fsp3) is 0.636. The summed E-state index contributed by atoms with van der Waals surface area (Å²) in [4.78, 5) is 0. The second-order valence-electron chi connectivity index (χ2n) is 7.23. The Morgan fingerprint density at radius 2 is 1.64 bits per heavy atom. The highest BCUT2D eigenvalue weighted by Crippen LogP contribution is 2.22. The van der Waals surface area contributed by atoms with Crippen molar-refractivity contribution >= 4 is 0 Å². The zero-order valence-corrected chi connectivity index (χ0v) is 16.0. The number of allylic oxidation sites excluding steroid dienone is 1. The molecule has 0 aromatic heterocycles. The summed E-state index contributed by atoms with van der Waals surface area (Å²) in [6.45, 7) is 5.92. The average molecular weight is 353 g/mol. The molecule has 1 aromatic rings. The van der Waals surface area contributed by atoms with Crippen LogP contribution in [0.15, 0.2) is 42.5 Å². The summed E-state index contributed by atoms with van der Waals surface area (Å²) in [5.74, 6) is -1.50. The number of unbranched alkanes of at least 4 members (excludes halogenated alkanes) is 2. The van der Waals surface area contributed by atoms with E-state index in [1.807, 2.05) is 13.0 Å². The third-order valence-corrected chi connectivity index (χ3v) is 4.50. The summed E-state index contributed by atoms with van der Waals surface area (Å²) in [7, 11) is 0. The first-order valence-electron chi connectivity index (χ1n) is 9.68. The van der Waals surface area contributed by atoms with Crippen molar-refractivity contribution in [1.82, 2.24) is 0 Å². The van der Waals surface area contributed by atoms with E-state index >= 15 is 0 Å². The largest absolute Gasteiger partial charge is 0.487 e. The summed E-state index contributed by atoms with van der Waals surface area (Å²) < 4.78 is 32.9. The maximum absolute atomic E-state index is 13.9. The SMILES string of the molecule is CCCCC(C)CCCCC(C)/C=C/C(F)(F)COc1ccccc1. The van der Waals surface area contributed by atoms with Crippen molar-refractivity contribution < 1.29 is 13.5 Å². The molecule has 0 radical (unpaired) electrons. The number of para-hydroxylation sites is 1. The van der Waals surface area contributed by atoms with Gasteiger partial charge in [0.1, 0.15) is 5.75 Å². The van der Waals surface area contributed by atoms with E-state index < -0.39 is 12.5 Å². The van der Waals surface area contributed by atoms with Gasteiger partial charge in [-0.2, -0.15) is 8.78 Å². The Bertz CT molecular complexity index is 470. The van der Waals surface area contributed by atoms with E-state index in [4.69, 9.17) is 4.74 Å². The minimum atomic E-state index is -2.93. The van der Waals surface area contributed by atoms with Gasteiger partial charge >= 0.3 is 0 Å². The highest BCUT2D eigenvalue weighted by Gasteiger charge is 2.26. The Hall–Kier alpha value is -1.38. The molecule has 0 heterocycles. The van der Waals surface area contributed by atoms with E-state index in [1.165, 1.54) is 32.1 Å². The predicted octanol–water partition coefficient (Wildman–Crippen LogP) is 7.28. The fourth-order valence-electron chi connectivity index (χ4n) is 2.80. The van der Waals surface area contributed by atoms with Crippen molar-refractivity contribution in [3.05, 3.63) is 42.5 Å². The van der Waals surface area contributed by atoms with Crippen LogP contribution in [0.25, 0.3) is 0 Å². The second-order valence-corrected chi connectivity index (χ2v) is 7.23. The molecule has 0 bridgehead atoms. The van der Waals surface area contributed by atoms with Crippen molar-refractivity contribution in [2.45, 2.75) is 71.6 Å². The number of rotatable bonds is 13. The molecular weight excluding hydrogens is 318 g/mol. The molecule has 0 aliphatic rings. The average Bonchev–Trinajstić information content (AvgIpc) is 2.61. The van der Waals surface area contributed by atoms with Gasteiger partial charge in [-0.05, 0) is 36.5 Å². The van der Waals surface area contributed by atoms with Crippen molar-refractivity contribution in [3.8, 4) is 5.75 Å². The van der Waals surface area contributed by atoms with Crippen molar-refractivity contribution in [3.63, 3.8) is 0 Å². The molecule has 1 nitrogen and oxygen atoms in total. The molecule has 0 saturated carbocycles. The Balaban J connectivity index is 2.21. The molecule has 0 N–H and O–H groups in total. The highest BCUT2D eigenvalue weighted by molar-refractivity contribution is 5.21. The monoisotopic (exact) mass is 352 g/mol. The number of hydrogen-bond donors (Lipinski definition) is 0. The van der Waals surface area contributed by atoms with Crippen molar-refractivity contribution in [2.75, 3.05) is 6.61 Å². The molecule has 142 valence electrons. The van der Waals surface area contributed by atoms with Crippen LogP contribution in [-0.2, 0) is 0 Å². The van der Waals surface area contributed by atoms with Gasteiger partial charge in [0.2, 0.25) is 0 Å². The maximum atomic E-state index is 13.9. The van der Waals surface area contributed by atoms with Crippen molar-refractivity contribution in [2.24, 2.45) is 11.8 Å². The normalized spacial score (nSPS) is 14.6. The maximum Gasteiger partial charge on any atom is 0.299 e. The quantitative estimate of drug-likeness (QED) is 0.268. The van der Waals surface area contributed by atoms with E-state index in [9.17, 15) is 8.78 Å². The standard InChI is InChI=1S/C22H34F2O/c1-4-5-11-19(2)12-9-10-13-20(3)16-17-22(23,24)18-25-21-14-7-6-8-15-21/h6-8,14-17,19-20H,4-5,9-13,18H2,1-3H3/b17-16+. The molecular formula is C22H34F2O. The van der Waals surface area contributed by atoms with Gasteiger partial charge in [-0.25, -0.2) is 0 Å². The Morgan fingerprint density at radius 3 is 2.32 bits per heavy atom. The molecule has 2 atom stereocenters. The first-order chi connectivity index (χ1) is 11.9. The molecule has 1 rings (SSSR count). The first kappa shape index (κ1) is 21.7. The predicted molar refractivity (Wildman–Crippen MR) is 102 cm³/mol. The van der Waals surface area contributed by atoms with Gasteiger partial charge in [-0.1, -0.05) is 83.6 Å². The van der Waals surface area contributed by atoms with Crippen LogP contribution in [0.3, 0.4) is 0 Å². The van der Waals surface area contributed by atoms with Crippen LogP contribution < -0.4 is 4.74 Å². The zero-order valence-electron chi connectivity index (χ0n) is 16.0. The van der Waals surface area contributed by atoms with Gasteiger partial charge < -0.3 is 4.74 Å². The molecule has 3 heteroatoms. The summed E-state index contributed by atoms with van der Waals surface area (Å²) in [5.41, 5.74) is 0. The smallest absolute Gasteiger partial charge is 0.299 e. The number of alkyl halides is 2. The van der Waals surface area contributed by atoms with Crippen LogP contribution in [0.5, 0.6) is 5.75 Å². The lowest BCUT2D eigenvalue weighted by atomic mass is 9.95. The number of halogens is 2. The molecule has 1 aromatic carbocycles. The summed E-state index contributed by atoms with van der Waals surface area (Å²) >= 11 is 0. The molecule has 0 fully saturated rings. The van der Waals surface area contributed by atoms with E-state index in [1.54, 1.807) is 30.3 Å². The molecule has 0 amide bonds. The lowest BCUT2D eigenvalue weighted by Gasteiger charge is -2.15. The minimum absolute atomic E-state index is 0.175. The second kappa shape index (κ2) is 12.1. The minimum Gasteiger partial charge on any atom is -0.487 e. The van der Waals surface area contributed by atoms with E-state index in [0.717, 1.165) is 24.8 Å². The number of hydrogen-bond acceptors (Lipinski definition) is 1. The van der Waals surface area contributed by atoms with Gasteiger partial charge in [0.15, 0.2) is 6.61 Å². The van der Waals surface area contributed by atoms with Gasteiger partial charge in [0, 0.05) is 0 Å². The fourth-order valence-corrected chi connectivity index (χ4v) is 2.80. The molecule has 0 saturated heterocycles. The number of benzene rings is 1. The Kier molecular flexibility index (Phi) is 10.4. The summed E-state index contributed by atoms with van der Waals surface area (Å²) in [6.07, 6.45) is 11.0. The molecule has 0 aliphatic heterocycles. The number of ether oxygens (including phenoxy) is 1.